The van der Waals surface area contributed by atoms with Crippen LogP contribution in [0.4, 0.5) is 0 Å². The van der Waals surface area contributed by atoms with Gasteiger partial charge in [-0.25, -0.2) is 9.48 Å². The summed E-state index contributed by atoms with van der Waals surface area (Å²) in [6, 6.07) is 6.54. The van der Waals surface area contributed by atoms with Crippen molar-refractivity contribution in [1.29, 1.82) is 0 Å². The number of aromatic carboxylic acids is 1. The maximum Gasteiger partial charge on any atom is 0.336 e. The lowest BCUT2D eigenvalue weighted by Crippen LogP contribution is -2.07. The van der Waals surface area contributed by atoms with E-state index in [2.05, 4.69) is 15.4 Å². The van der Waals surface area contributed by atoms with Crippen molar-refractivity contribution in [2.24, 2.45) is 0 Å². The standard InChI is InChI=1S/C15H14ClN5O2/c1-2-21-14(5-6-17-21)13-9-20(19-18-13)8-10-7-11(16)3-4-12(10)15(22)23/h3-7,9H,2,8H2,1H3,(H,22,23). The van der Waals surface area contributed by atoms with Crippen molar-refractivity contribution >= 4 is 17.6 Å². The lowest BCUT2D eigenvalue weighted by atomic mass is 10.1. The highest BCUT2D eigenvalue weighted by Gasteiger charge is 2.13. The van der Waals surface area contributed by atoms with Crippen LogP contribution in [0.15, 0.2) is 36.7 Å². The van der Waals surface area contributed by atoms with Gasteiger partial charge in [-0.1, -0.05) is 16.8 Å². The van der Waals surface area contributed by atoms with Crippen LogP contribution in [-0.2, 0) is 13.1 Å². The summed E-state index contributed by atoms with van der Waals surface area (Å²) in [6.45, 7) is 2.99. The van der Waals surface area contributed by atoms with E-state index in [1.165, 1.54) is 6.07 Å². The fraction of sp³-hybridized carbons (Fsp3) is 0.200. The lowest BCUT2D eigenvalue weighted by Gasteiger charge is -2.06. The smallest absolute Gasteiger partial charge is 0.336 e. The second kappa shape index (κ2) is 6.21. The number of hydrogen-bond acceptors (Lipinski definition) is 4. The first-order valence-electron chi connectivity index (χ1n) is 7.02. The Kier molecular flexibility index (Phi) is 4.12. The Bertz CT molecular complexity index is 855. The highest BCUT2D eigenvalue weighted by molar-refractivity contribution is 6.30. The third kappa shape index (κ3) is 3.09. The highest BCUT2D eigenvalue weighted by Crippen LogP contribution is 2.19. The van der Waals surface area contributed by atoms with Gasteiger partial charge in [0.05, 0.1) is 24.0 Å². The average molecular weight is 332 g/mol. The number of carboxylic acid groups (broad SMARTS) is 1. The predicted molar refractivity (Wildman–Crippen MR) is 84.4 cm³/mol. The minimum absolute atomic E-state index is 0.199. The third-order valence-electron chi connectivity index (χ3n) is 3.45. The fourth-order valence-corrected chi connectivity index (χ4v) is 2.57. The molecule has 0 spiro atoms. The average Bonchev–Trinajstić information content (AvgIpc) is 3.15. The van der Waals surface area contributed by atoms with E-state index in [0.717, 1.165) is 12.2 Å². The molecule has 3 aromatic rings. The van der Waals surface area contributed by atoms with Crippen LogP contribution in [-0.4, -0.2) is 35.9 Å². The molecule has 2 heterocycles. The van der Waals surface area contributed by atoms with Crippen LogP contribution in [0.3, 0.4) is 0 Å². The first-order chi connectivity index (χ1) is 11.1. The van der Waals surface area contributed by atoms with E-state index in [1.54, 1.807) is 29.2 Å². The Morgan fingerprint density at radius 2 is 2.17 bits per heavy atom. The molecule has 23 heavy (non-hydrogen) atoms. The first-order valence-corrected chi connectivity index (χ1v) is 7.40. The summed E-state index contributed by atoms with van der Waals surface area (Å²) in [5, 5.41) is 22.1. The van der Waals surface area contributed by atoms with Gasteiger partial charge in [0, 0.05) is 17.8 Å². The van der Waals surface area contributed by atoms with Crippen molar-refractivity contribution in [3.63, 3.8) is 0 Å². The quantitative estimate of drug-likeness (QED) is 0.776. The van der Waals surface area contributed by atoms with Gasteiger partial charge in [0.15, 0.2) is 0 Å². The fourth-order valence-electron chi connectivity index (χ4n) is 2.37. The number of carbonyl (C=O) groups is 1. The number of hydrogen-bond donors (Lipinski definition) is 1. The van der Waals surface area contributed by atoms with Crippen molar-refractivity contribution in [2.45, 2.75) is 20.0 Å². The molecule has 0 fully saturated rings. The van der Waals surface area contributed by atoms with Crippen LogP contribution in [0.25, 0.3) is 11.4 Å². The molecule has 0 bridgehead atoms. The van der Waals surface area contributed by atoms with Crippen LogP contribution >= 0.6 is 11.6 Å². The maximum atomic E-state index is 11.3. The van der Waals surface area contributed by atoms with E-state index in [0.29, 0.717) is 16.3 Å². The molecule has 118 valence electrons. The van der Waals surface area contributed by atoms with E-state index in [1.807, 2.05) is 17.7 Å². The minimum atomic E-state index is -0.999. The van der Waals surface area contributed by atoms with E-state index in [4.69, 9.17) is 11.6 Å². The van der Waals surface area contributed by atoms with Crippen molar-refractivity contribution in [2.75, 3.05) is 0 Å². The molecule has 2 aromatic heterocycles. The molecule has 0 amide bonds. The van der Waals surface area contributed by atoms with Gasteiger partial charge in [0.25, 0.3) is 0 Å². The highest BCUT2D eigenvalue weighted by atomic mass is 35.5. The number of halogens is 1. The third-order valence-corrected chi connectivity index (χ3v) is 3.68. The second-order valence-corrected chi connectivity index (χ2v) is 5.38. The minimum Gasteiger partial charge on any atom is -0.478 e. The van der Waals surface area contributed by atoms with Crippen molar-refractivity contribution in [3.8, 4) is 11.4 Å². The Labute approximate surface area is 137 Å². The molecule has 7 nitrogen and oxygen atoms in total. The molecule has 1 aromatic carbocycles. The molecule has 0 radical (unpaired) electrons. The van der Waals surface area contributed by atoms with Crippen LogP contribution in [0.1, 0.15) is 22.8 Å². The van der Waals surface area contributed by atoms with E-state index in [9.17, 15) is 9.90 Å². The van der Waals surface area contributed by atoms with E-state index in [-0.39, 0.29) is 12.1 Å². The number of aryl methyl sites for hydroxylation is 1. The maximum absolute atomic E-state index is 11.3. The molecule has 0 atom stereocenters. The predicted octanol–water partition coefficient (Wildman–Crippen LogP) is 2.56. The molecule has 0 aliphatic heterocycles. The van der Waals surface area contributed by atoms with Gasteiger partial charge in [-0.2, -0.15) is 5.10 Å². The molecular weight excluding hydrogens is 318 g/mol. The van der Waals surface area contributed by atoms with Crippen molar-refractivity contribution < 1.29 is 9.90 Å². The number of carboxylic acids is 1. The Morgan fingerprint density at radius 3 is 2.91 bits per heavy atom. The summed E-state index contributed by atoms with van der Waals surface area (Å²) in [7, 11) is 0. The number of benzene rings is 1. The molecule has 1 N–H and O–H groups in total. The van der Waals surface area contributed by atoms with E-state index < -0.39 is 5.97 Å². The van der Waals surface area contributed by atoms with Crippen LogP contribution < -0.4 is 0 Å². The van der Waals surface area contributed by atoms with Gasteiger partial charge in [0.1, 0.15) is 5.69 Å². The van der Waals surface area contributed by atoms with Crippen molar-refractivity contribution in [1.82, 2.24) is 24.8 Å². The van der Waals surface area contributed by atoms with Crippen LogP contribution in [0.2, 0.25) is 5.02 Å². The largest absolute Gasteiger partial charge is 0.478 e. The van der Waals surface area contributed by atoms with Gasteiger partial charge < -0.3 is 5.11 Å². The van der Waals surface area contributed by atoms with E-state index >= 15 is 0 Å². The molecule has 0 saturated heterocycles. The van der Waals surface area contributed by atoms with Gasteiger partial charge in [-0.15, -0.1) is 5.10 Å². The first kappa shape index (κ1) is 15.2. The zero-order valence-corrected chi connectivity index (χ0v) is 13.1. The summed E-state index contributed by atoms with van der Waals surface area (Å²) in [5.74, 6) is -0.999. The zero-order valence-electron chi connectivity index (χ0n) is 12.3. The molecular formula is C15H14ClN5O2. The summed E-state index contributed by atoms with van der Waals surface area (Å²) in [5.41, 5.74) is 2.32. The van der Waals surface area contributed by atoms with Crippen LogP contribution in [0, 0.1) is 0 Å². The van der Waals surface area contributed by atoms with Crippen molar-refractivity contribution in [3.05, 3.63) is 52.8 Å². The molecule has 0 aliphatic rings. The Balaban J connectivity index is 1.91. The van der Waals surface area contributed by atoms with Gasteiger partial charge in [-0.3, -0.25) is 4.68 Å². The number of rotatable bonds is 5. The molecule has 0 saturated carbocycles. The molecule has 3 rings (SSSR count). The molecule has 0 unspecified atom stereocenters. The monoisotopic (exact) mass is 331 g/mol. The van der Waals surface area contributed by atoms with Gasteiger partial charge in [-0.05, 0) is 36.8 Å². The molecule has 0 aliphatic carbocycles. The summed E-state index contributed by atoms with van der Waals surface area (Å²) < 4.78 is 3.40. The normalized spacial score (nSPS) is 10.9. The topological polar surface area (TPSA) is 85.8 Å². The number of nitrogens with zero attached hydrogens (tertiary/aromatic N) is 5. The summed E-state index contributed by atoms with van der Waals surface area (Å²) in [6.07, 6.45) is 3.47. The summed E-state index contributed by atoms with van der Waals surface area (Å²) >= 11 is 5.96. The SMILES string of the molecule is CCn1nccc1-c1cn(Cc2cc(Cl)ccc2C(=O)O)nn1. The number of aromatic nitrogens is 5. The van der Waals surface area contributed by atoms with Crippen LogP contribution in [0.5, 0.6) is 0 Å². The Morgan fingerprint density at radius 1 is 1.35 bits per heavy atom. The van der Waals surface area contributed by atoms with Gasteiger partial charge >= 0.3 is 5.97 Å². The Hall–Kier alpha value is -2.67. The summed E-state index contributed by atoms with van der Waals surface area (Å²) in [4.78, 5) is 11.3. The lowest BCUT2D eigenvalue weighted by molar-refractivity contribution is 0.0695. The molecule has 8 heteroatoms. The zero-order chi connectivity index (χ0) is 16.4. The van der Waals surface area contributed by atoms with Gasteiger partial charge in [0.2, 0.25) is 0 Å². The second-order valence-electron chi connectivity index (χ2n) is 4.94.